The number of anilines is 1. The Morgan fingerprint density at radius 1 is 1.10 bits per heavy atom. The van der Waals surface area contributed by atoms with Crippen LogP contribution >= 0.6 is 11.3 Å². The summed E-state index contributed by atoms with van der Waals surface area (Å²) in [4.78, 5) is 12.2. The summed E-state index contributed by atoms with van der Waals surface area (Å²) in [5, 5.41) is 10.1. The minimum absolute atomic E-state index is 0.0198. The van der Waals surface area contributed by atoms with Gasteiger partial charge in [0.25, 0.3) is 15.9 Å². The third-order valence-corrected chi connectivity index (χ3v) is 6.56. The molecule has 0 radical (unpaired) electrons. The van der Waals surface area contributed by atoms with Gasteiger partial charge in [-0.2, -0.15) is 0 Å². The average molecular weight is 463 g/mol. The minimum atomic E-state index is -3.92. The van der Waals surface area contributed by atoms with Crippen molar-refractivity contribution in [2.45, 2.75) is 30.8 Å². The lowest BCUT2D eigenvalue weighted by Crippen LogP contribution is -2.23. The molecule has 9 nitrogen and oxygen atoms in total. The molecule has 1 heterocycles. The Morgan fingerprint density at radius 2 is 1.84 bits per heavy atom. The molecule has 3 aromatic rings. The van der Waals surface area contributed by atoms with Crippen LogP contribution in [0.2, 0.25) is 0 Å². The summed E-state index contributed by atoms with van der Waals surface area (Å²) in [7, 11) is -2.40. The second-order valence-electron chi connectivity index (χ2n) is 6.67. The number of ether oxygens (including phenoxy) is 2. The Hall–Kier alpha value is -3.02. The molecule has 0 unspecified atom stereocenters. The van der Waals surface area contributed by atoms with Crippen LogP contribution in [0.1, 0.15) is 29.8 Å². The van der Waals surface area contributed by atoms with E-state index in [0.29, 0.717) is 22.6 Å². The van der Waals surface area contributed by atoms with Crippen LogP contribution in [0.25, 0.3) is 0 Å². The molecule has 0 saturated carbocycles. The zero-order valence-electron chi connectivity index (χ0n) is 17.2. The minimum Gasteiger partial charge on any atom is -0.493 e. The first-order valence-electron chi connectivity index (χ1n) is 9.31. The van der Waals surface area contributed by atoms with Crippen molar-refractivity contribution >= 4 is 32.4 Å². The summed E-state index contributed by atoms with van der Waals surface area (Å²) in [6.45, 7) is 3.83. The van der Waals surface area contributed by atoms with E-state index in [2.05, 4.69) is 20.2 Å². The van der Waals surface area contributed by atoms with E-state index >= 15 is 0 Å². The van der Waals surface area contributed by atoms with E-state index in [-0.39, 0.29) is 22.1 Å². The second kappa shape index (κ2) is 9.86. The fraction of sp³-hybridized carbons (Fsp3) is 0.250. The molecule has 0 aliphatic rings. The molecule has 0 fully saturated rings. The van der Waals surface area contributed by atoms with E-state index in [0.717, 1.165) is 11.3 Å². The molecular weight excluding hydrogens is 440 g/mol. The Labute approximate surface area is 184 Å². The quantitative estimate of drug-likeness (QED) is 0.469. The third kappa shape index (κ3) is 6.00. The molecule has 0 aliphatic heterocycles. The molecule has 0 atom stereocenters. The van der Waals surface area contributed by atoms with Crippen molar-refractivity contribution in [1.82, 2.24) is 14.9 Å². The summed E-state index contributed by atoms with van der Waals surface area (Å²) in [6, 6.07) is 13.7. The average Bonchev–Trinajstić information content (AvgIpc) is 3.23. The van der Waals surface area contributed by atoms with Crippen molar-refractivity contribution in [2.75, 3.05) is 12.4 Å². The van der Waals surface area contributed by atoms with Gasteiger partial charge in [0.1, 0.15) is 0 Å². The molecule has 3 rings (SSSR count). The maximum atomic E-state index is 12.6. The summed E-state index contributed by atoms with van der Waals surface area (Å²) in [5.41, 5.74) is 1.11. The van der Waals surface area contributed by atoms with Crippen LogP contribution in [0.5, 0.6) is 11.5 Å². The number of rotatable bonds is 9. The Bertz CT molecular complexity index is 1150. The number of hydrogen-bond acceptors (Lipinski definition) is 8. The van der Waals surface area contributed by atoms with Crippen LogP contribution in [0.15, 0.2) is 52.9 Å². The molecule has 0 saturated heterocycles. The van der Waals surface area contributed by atoms with Crippen LogP contribution < -0.4 is 19.5 Å². The van der Waals surface area contributed by atoms with Gasteiger partial charge in [-0.15, -0.1) is 10.2 Å². The van der Waals surface area contributed by atoms with Gasteiger partial charge in [-0.25, -0.2) is 13.1 Å². The number of amides is 1. The smallest absolute Gasteiger partial charge is 0.270 e. The lowest BCUT2D eigenvalue weighted by molar-refractivity contribution is 0.102. The van der Waals surface area contributed by atoms with Crippen molar-refractivity contribution < 1.29 is 22.7 Å². The lowest BCUT2D eigenvalue weighted by atomic mass is 10.2. The predicted molar refractivity (Wildman–Crippen MR) is 117 cm³/mol. The highest BCUT2D eigenvalue weighted by Crippen LogP contribution is 2.29. The molecule has 2 N–H and O–H groups in total. The van der Waals surface area contributed by atoms with Crippen LogP contribution in [-0.2, 0) is 16.6 Å². The number of benzene rings is 2. The van der Waals surface area contributed by atoms with E-state index in [4.69, 9.17) is 9.47 Å². The Morgan fingerprint density at radius 3 is 2.52 bits per heavy atom. The predicted octanol–water partition coefficient (Wildman–Crippen LogP) is 3.06. The number of aromatic nitrogens is 2. The van der Waals surface area contributed by atoms with Crippen LogP contribution in [0, 0.1) is 0 Å². The van der Waals surface area contributed by atoms with E-state index < -0.39 is 15.9 Å². The van der Waals surface area contributed by atoms with Gasteiger partial charge in [0.15, 0.2) is 11.5 Å². The highest BCUT2D eigenvalue weighted by molar-refractivity contribution is 7.91. The first-order chi connectivity index (χ1) is 14.8. The van der Waals surface area contributed by atoms with Crippen LogP contribution in [-0.4, -0.2) is 37.7 Å². The van der Waals surface area contributed by atoms with Crippen LogP contribution in [0.4, 0.5) is 5.13 Å². The number of hydrogen-bond donors (Lipinski definition) is 2. The summed E-state index contributed by atoms with van der Waals surface area (Å²) in [5.74, 6) is 0.684. The molecule has 0 aliphatic carbocycles. The molecular formula is C20H22N4O5S2. The molecule has 0 spiro atoms. The van der Waals surface area contributed by atoms with Gasteiger partial charge in [0.05, 0.1) is 13.2 Å². The summed E-state index contributed by atoms with van der Waals surface area (Å²) in [6.07, 6.45) is -0.0211. The van der Waals surface area contributed by atoms with Gasteiger partial charge in [-0.05, 0) is 43.7 Å². The Balaban J connectivity index is 1.66. The molecule has 31 heavy (non-hydrogen) atoms. The van der Waals surface area contributed by atoms with Crippen molar-refractivity contribution in [3.8, 4) is 11.5 Å². The zero-order valence-corrected chi connectivity index (χ0v) is 18.8. The zero-order chi connectivity index (χ0) is 22.4. The number of nitrogens with zero attached hydrogens (tertiary/aromatic N) is 2. The molecule has 1 aromatic heterocycles. The van der Waals surface area contributed by atoms with E-state index in [9.17, 15) is 13.2 Å². The number of carbonyl (C=O) groups is 1. The van der Waals surface area contributed by atoms with Crippen molar-refractivity contribution in [1.29, 1.82) is 0 Å². The standard InChI is InChI=1S/C20H22N4O5S2/c1-13(2)29-16-10-9-14(11-17(16)28-3)12-21-31(26,27)20-24-23-19(30-20)22-18(25)15-7-5-4-6-8-15/h4-11,13,21H,12H2,1-3H3,(H,22,23,25). The van der Waals surface area contributed by atoms with Gasteiger partial charge >= 0.3 is 0 Å². The third-order valence-electron chi connectivity index (χ3n) is 3.95. The van der Waals surface area contributed by atoms with Gasteiger partial charge in [-0.3, -0.25) is 10.1 Å². The van der Waals surface area contributed by atoms with Crippen LogP contribution in [0.3, 0.4) is 0 Å². The number of methoxy groups -OCH3 is 1. The fourth-order valence-electron chi connectivity index (χ4n) is 2.54. The van der Waals surface area contributed by atoms with Gasteiger partial charge in [0, 0.05) is 12.1 Å². The molecule has 2 aromatic carbocycles. The van der Waals surface area contributed by atoms with Crippen molar-refractivity contribution in [3.63, 3.8) is 0 Å². The fourth-order valence-corrected chi connectivity index (χ4v) is 4.49. The van der Waals surface area contributed by atoms with Crippen molar-refractivity contribution in [2.24, 2.45) is 0 Å². The normalized spacial score (nSPS) is 11.4. The molecule has 0 bridgehead atoms. The van der Waals surface area contributed by atoms with E-state index in [1.807, 2.05) is 13.8 Å². The molecule has 1 amide bonds. The highest BCUT2D eigenvalue weighted by atomic mass is 32.2. The van der Waals surface area contributed by atoms with Gasteiger partial charge < -0.3 is 9.47 Å². The largest absolute Gasteiger partial charge is 0.493 e. The van der Waals surface area contributed by atoms with E-state index in [1.165, 1.54) is 7.11 Å². The SMILES string of the molecule is COc1cc(CNS(=O)(=O)c2nnc(NC(=O)c3ccccc3)s2)ccc1OC(C)C. The number of sulfonamides is 1. The first kappa shape index (κ1) is 22.7. The monoisotopic (exact) mass is 462 g/mol. The second-order valence-corrected chi connectivity index (χ2v) is 9.59. The van der Waals surface area contributed by atoms with Crippen molar-refractivity contribution in [3.05, 3.63) is 59.7 Å². The maximum Gasteiger partial charge on any atom is 0.270 e. The van der Waals surface area contributed by atoms with Gasteiger partial charge in [-0.1, -0.05) is 35.6 Å². The maximum absolute atomic E-state index is 12.6. The Kier molecular flexibility index (Phi) is 7.21. The van der Waals surface area contributed by atoms with E-state index in [1.54, 1.807) is 48.5 Å². The summed E-state index contributed by atoms with van der Waals surface area (Å²) >= 11 is 0.766. The van der Waals surface area contributed by atoms with Gasteiger partial charge in [0.2, 0.25) is 9.47 Å². The topological polar surface area (TPSA) is 120 Å². The summed E-state index contributed by atoms with van der Waals surface area (Å²) < 4.78 is 38.3. The number of nitrogens with one attached hydrogen (secondary N) is 2. The highest BCUT2D eigenvalue weighted by Gasteiger charge is 2.21. The lowest BCUT2D eigenvalue weighted by Gasteiger charge is -2.14. The molecule has 164 valence electrons. The number of carbonyl (C=O) groups excluding carboxylic acids is 1. The first-order valence-corrected chi connectivity index (χ1v) is 11.6. The molecule has 11 heteroatoms.